The van der Waals surface area contributed by atoms with Crippen molar-refractivity contribution in [3.05, 3.63) is 65.7 Å². The first-order chi connectivity index (χ1) is 10.6. The number of aryl methyl sites for hydroxylation is 1. The van der Waals surface area contributed by atoms with Crippen LogP contribution in [0.3, 0.4) is 0 Å². The number of hydrogen-bond acceptors (Lipinski definition) is 2. The summed E-state index contributed by atoms with van der Waals surface area (Å²) in [5.74, 6) is -0.283. The number of carbonyl (C=O) groups is 2. The average molecular weight is 296 g/mol. The van der Waals surface area contributed by atoms with Crippen LogP contribution in [0, 0.1) is 6.92 Å². The van der Waals surface area contributed by atoms with Crippen molar-refractivity contribution in [1.29, 1.82) is 0 Å². The molecule has 0 spiro atoms. The summed E-state index contributed by atoms with van der Waals surface area (Å²) in [7, 11) is 0. The molecule has 0 saturated carbocycles. The molecule has 0 bridgehead atoms. The third kappa shape index (κ3) is 4.45. The number of para-hydroxylation sites is 1. The highest BCUT2D eigenvalue weighted by atomic mass is 16.2. The Morgan fingerprint density at radius 2 is 1.64 bits per heavy atom. The molecular formula is C18H20N2O2. The van der Waals surface area contributed by atoms with E-state index in [0.717, 1.165) is 16.8 Å². The van der Waals surface area contributed by atoms with Gasteiger partial charge in [-0.2, -0.15) is 0 Å². The summed E-state index contributed by atoms with van der Waals surface area (Å²) in [6.07, 6.45) is 0.192. The van der Waals surface area contributed by atoms with E-state index in [0.29, 0.717) is 0 Å². The van der Waals surface area contributed by atoms with Crippen LogP contribution < -0.4 is 10.6 Å². The lowest BCUT2D eigenvalue weighted by atomic mass is 10.0. The number of anilines is 1. The Kier molecular flexibility index (Phi) is 5.31. The fourth-order valence-electron chi connectivity index (χ4n) is 2.28. The lowest BCUT2D eigenvalue weighted by molar-refractivity contribution is -0.120. The van der Waals surface area contributed by atoms with Crippen LogP contribution in [0.4, 0.5) is 5.69 Å². The lowest BCUT2D eigenvalue weighted by Gasteiger charge is -2.18. The van der Waals surface area contributed by atoms with Gasteiger partial charge in [0.25, 0.3) is 0 Å². The normalized spacial score (nSPS) is 11.5. The lowest BCUT2D eigenvalue weighted by Crippen LogP contribution is -2.29. The molecule has 114 valence electrons. The van der Waals surface area contributed by atoms with E-state index in [1.54, 1.807) is 0 Å². The van der Waals surface area contributed by atoms with Crippen LogP contribution in [0.25, 0.3) is 0 Å². The summed E-state index contributed by atoms with van der Waals surface area (Å²) in [4.78, 5) is 23.6. The monoisotopic (exact) mass is 296 g/mol. The van der Waals surface area contributed by atoms with E-state index in [4.69, 9.17) is 0 Å². The second-order valence-corrected chi connectivity index (χ2v) is 5.23. The Labute approximate surface area is 130 Å². The minimum atomic E-state index is -0.331. The number of hydrogen-bond donors (Lipinski definition) is 2. The van der Waals surface area contributed by atoms with Gasteiger partial charge < -0.3 is 10.6 Å². The van der Waals surface area contributed by atoms with Crippen LogP contribution >= 0.6 is 0 Å². The molecule has 0 heterocycles. The fourth-order valence-corrected chi connectivity index (χ4v) is 2.28. The molecule has 2 aromatic rings. The maximum Gasteiger partial charge on any atom is 0.226 e. The molecule has 0 saturated heterocycles. The first-order valence-electron chi connectivity index (χ1n) is 7.24. The highest BCUT2D eigenvalue weighted by molar-refractivity contribution is 5.92. The minimum Gasteiger partial charge on any atom is -0.349 e. The van der Waals surface area contributed by atoms with Crippen molar-refractivity contribution >= 4 is 17.5 Å². The summed E-state index contributed by atoms with van der Waals surface area (Å²) in [5.41, 5.74) is 2.71. The topological polar surface area (TPSA) is 58.2 Å². The third-order valence-electron chi connectivity index (χ3n) is 3.39. The second kappa shape index (κ2) is 7.41. The quantitative estimate of drug-likeness (QED) is 0.890. The van der Waals surface area contributed by atoms with Crippen LogP contribution in [-0.4, -0.2) is 11.8 Å². The van der Waals surface area contributed by atoms with Gasteiger partial charge in [-0.1, -0.05) is 48.5 Å². The van der Waals surface area contributed by atoms with Crippen molar-refractivity contribution in [1.82, 2.24) is 5.32 Å². The Bertz CT molecular complexity index is 653. The number of rotatable bonds is 5. The fraction of sp³-hybridized carbons (Fsp3) is 0.222. The van der Waals surface area contributed by atoms with E-state index in [1.165, 1.54) is 6.92 Å². The zero-order chi connectivity index (χ0) is 15.9. The van der Waals surface area contributed by atoms with Gasteiger partial charge in [0.05, 0.1) is 12.5 Å². The van der Waals surface area contributed by atoms with Crippen LogP contribution in [0.2, 0.25) is 0 Å². The van der Waals surface area contributed by atoms with E-state index in [2.05, 4.69) is 10.6 Å². The first kappa shape index (κ1) is 15.8. The van der Waals surface area contributed by atoms with Crippen molar-refractivity contribution in [3.63, 3.8) is 0 Å². The SMILES string of the molecule is CC(=O)NC(CC(=O)Nc1ccccc1C)c1ccccc1. The molecule has 0 aliphatic carbocycles. The summed E-state index contributed by atoms with van der Waals surface area (Å²) >= 11 is 0. The smallest absolute Gasteiger partial charge is 0.226 e. The highest BCUT2D eigenvalue weighted by Crippen LogP contribution is 2.19. The Morgan fingerprint density at radius 1 is 1.00 bits per heavy atom. The molecule has 4 heteroatoms. The van der Waals surface area contributed by atoms with Gasteiger partial charge in [0.2, 0.25) is 11.8 Å². The summed E-state index contributed by atoms with van der Waals surface area (Å²) in [6.45, 7) is 3.40. The maximum absolute atomic E-state index is 12.3. The van der Waals surface area contributed by atoms with Gasteiger partial charge >= 0.3 is 0 Å². The predicted molar refractivity (Wildman–Crippen MR) is 87.4 cm³/mol. The van der Waals surface area contributed by atoms with E-state index in [9.17, 15) is 9.59 Å². The van der Waals surface area contributed by atoms with Gasteiger partial charge in [-0.05, 0) is 24.1 Å². The van der Waals surface area contributed by atoms with Crippen molar-refractivity contribution in [2.75, 3.05) is 5.32 Å². The summed E-state index contributed by atoms with van der Waals surface area (Å²) in [6, 6.07) is 16.8. The number of carbonyl (C=O) groups excluding carboxylic acids is 2. The predicted octanol–water partition coefficient (Wildman–Crippen LogP) is 3.20. The average Bonchev–Trinajstić information content (AvgIpc) is 2.49. The molecule has 2 aromatic carbocycles. The molecule has 2 N–H and O–H groups in total. The maximum atomic E-state index is 12.3. The van der Waals surface area contributed by atoms with E-state index in [1.807, 2.05) is 61.5 Å². The van der Waals surface area contributed by atoms with Gasteiger partial charge in [-0.15, -0.1) is 0 Å². The van der Waals surface area contributed by atoms with Gasteiger partial charge in [-0.25, -0.2) is 0 Å². The molecule has 2 rings (SSSR count). The van der Waals surface area contributed by atoms with E-state index < -0.39 is 0 Å². The van der Waals surface area contributed by atoms with Crippen molar-refractivity contribution in [3.8, 4) is 0 Å². The highest BCUT2D eigenvalue weighted by Gasteiger charge is 2.17. The molecule has 0 fully saturated rings. The number of nitrogens with one attached hydrogen (secondary N) is 2. The minimum absolute atomic E-state index is 0.128. The number of amides is 2. The van der Waals surface area contributed by atoms with Gasteiger partial charge in [0.1, 0.15) is 0 Å². The molecule has 4 nitrogen and oxygen atoms in total. The molecular weight excluding hydrogens is 276 g/mol. The van der Waals surface area contributed by atoms with Gasteiger partial charge in [0, 0.05) is 12.6 Å². The molecule has 2 amide bonds. The molecule has 1 atom stereocenters. The van der Waals surface area contributed by atoms with Crippen LogP contribution in [0.15, 0.2) is 54.6 Å². The standard InChI is InChI=1S/C18H20N2O2/c1-13-8-6-7-11-16(13)20-18(22)12-17(19-14(2)21)15-9-4-3-5-10-15/h3-11,17H,12H2,1-2H3,(H,19,21)(H,20,22). The molecule has 1 unspecified atom stereocenters. The zero-order valence-electron chi connectivity index (χ0n) is 12.8. The Morgan fingerprint density at radius 3 is 2.27 bits per heavy atom. The number of benzene rings is 2. The molecule has 0 radical (unpaired) electrons. The first-order valence-corrected chi connectivity index (χ1v) is 7.24. The van der Waals surface area contributed by atoms with Crippen molar-refractivity contribution in [2.24, 2.45) is 0 Å². The van der Waals surface area contributed by atoms with Gasteiger partial charge in [0.15, 0.2) is 0 Å². The van der Waals surface area contributed by atoms with Crippen molar-refractivity contribution < 1.29 is 9.59 Å². The third-order valence-corrected chi connectivity index (χ3v) is 3.39. The zero-order valence-corrected chi connectivity index (χ0v) is 12.8. The van der Waals surface area contributed by atoms with Crippen molar-refractivity contribution in [2.45, 2.75) is 26.3 Å². The van der Waals surface area contributed by atoms with E-state index in [-0.39, 0.29) is 24.3 Å². The Hall–Kier alpha value is -2.62. The van der Waals surface area contributed by atoms with Crippen LogP contribution in [-0.2, 0) is 9.59 Å². The van der Waals surface area contributed by atoms with Crippen LogP contribution in [0.5, 0.6) is 0 Å². The molecule has 0 aliphatic rings. The molecule has 22 heavy (non-hydrogen) atoms. The second-order valence-electron chi connectivity index (χ2n) is 5.23. The van der Waals surface area contributed by atoms with E-state index >= 15 is 0 Å². The largest absolute Gasteiger partial charge is 0.349 e. The summed E-state index contributed by atoms with van der Waals surface area (Å²) < 4.78 is 0. The summed E-state index contributed by atoms with van der Waals surface area (Å²) in [5, 5.41) is 5.72. The Balaban J connectivity index is 2.08. The molecule has 0 aromatic heterocycles. The van der Waals surface area contributed by atoms with Crippen LogP contribution in [0.1, 0.15) is 30.5 Å². The molecule has 0 aliphatic heterocycles. The van der Waals surface area contributed by atoms with Gasteiger partial charge in [-0.3, -0.25) is 9.59 Å².